The van der Waals surface area contributed by atoms with Crippen molar-refractivity contribution < 1.29 is 15.4 Å². The summed E-state index contributed by atoms with van der Waals surface area (Å²) in [4.78, 5) is 10.2. The zero-order valence-electron chi connectivity index (χ0n) is 6.55. The van der Waals surface area contributed by atoms with Crippen molar-refractivity contribution in [1.82, 2.24) is 0 Å². The summed E-state index contributed by atoms with van der Waals surface area (Å²) in [7, 11) is 0. The smallest absolute Gasteiger partial charge is 0.306 e. The molecule has 0 aromatic heterocycles. The maximum atomic E-state index is 10.2. The minimum absolute atomic E-state index is 0. The Labute approximate surface area is 61.4 Å². The molecule has 0 aliphatic rings. The Bertz CT molecular complexity index is 90.9. The maximum absolute atomic E-state index is 10.2. The molecule has 0 radical (unpaired) electrons. The summed E-state index contributed by atoms with van der Waals surface area (Å²) in [6, 6.07) is 0. The highest BCUT2D eigenvalue weighted by Crippen LogP contribution is 2.06. The van der Waals surface area contributed by atoms with Gasteiger partial charge in [-0.3, -0.25) is 4.79 Å². The van der Waals surface area contributed by atoms with E-state index in [1.807, 2.05) is 0 Å². The molecule has 62 valence electrons. The van der Waals surface area contributed by atoms with Gasteiger partial charge in [-0.05, 0) is 6.42 Å². The lowest BCUT2D eigenvalue weighted by Crippen LogP contribution is -2.08. The Kier molecular flexibility index (Phi) is 7.95. The van der Waals surface area contributed by atoms with Gasteiger partial charge in [0.15, 0.2) is 0 Å². The predicted molar refractivity (Wildman–Crippen MR) is 39.9 cm³/mol. The van der Waals surface area contributed by atoms with Gasteiger partial charge in [0.05, 0.1) is 5.92 Å². The van der Waals surface area contributed by atoms with Crippen LogP contribution in [-0.2, 0) is 4.79 Å². The second-order valence-electron chi connectivity index (χ2n) is 2.38. The van der Waals surface area contributed by atoms with Gasteiger partial charge in [-0.25, -0.2) is 0 Å². The maximum Gasteiger partial charge on any atom is 0.306 e. The fourth-order valence-electron chi connectivity index (χ4n) is 0.634. The number of hydrogen-bond donors (Lipinski definition) is 1. The molecule has 0 bridgehead atoms. The molecule has 0 amide bonds. The molecular weight excluding hydrogens is 132 g/mol. The Hall–Kier alpha value is -0.570. The largest absolute Gasteiger partial charge is 0.481 e. The van der Waals surface area contributed by atoms with E-state index in [4.69, 9.17) is 5.11 Å². The summed E-state index contributed by atoms with van der Waals surface area (Å²) >= 11 is 0. The van der Waals surface area contributed by atoms with Gasteiger partial charge in [0, 0.05) is 0 Å². The first-order chi connectivity index (χ1) is 4.18. The van der Waals surface area contributed by atoms with Crippen molar-refractivity contribution in [2.75, 3.05) is 0 Å². The number of rotatable bonds is 4. The molecule has 3 N–H and O–H groups in total. The molecule has 0 rings (SSSR count). The SMILES string of the molecule is CCCCC(C)C(=O)O.O. The van der Waals surface area contributed by atoms with Crippen LogP contribution in [0.3, 0.4) is 0 Å². The van der Waals surface area contributed by atoms with Crippen LogP contribution >= 0.6 is 0 Å². The van der Waals surface area contributed by atoms with Crippen LogP contribution in [0, 0.1) is 5.92 Å². The summed E-state index contributed by atoms with van der Waals surface area (Å²) in [6.45, 7) is 3.81. The lowest BCUT2D eigenvalue weighted by molar-refractivity contribution is -0.141. The zero-order chi connectivity index (χ0) is 7.28. The second kappa shape index (κ2) is 6.55. The van der Waals surface area contributed by atoms with Crippen molar-refractivity contribution in [3.05, 3.63) is 0 Å². The van der Waals surface area contributed by atoms with Gasteiger partial charge >= 0.3 is 5.97 Å². The van der Waals surface area contributed by atoms with Crippen molar-refractivity contribution in [1.29, 1.82) is 0 Å². The van der Waals surface area contributed by atoms with Crippen LogP contribution in [0.2, 0.25) is 0 Å². The first kappa shape index (κ1) is 12.1. The van der Waals surface area contributed by atoms with E-state index in [1.165, 1.54) is 0 Å². The third-order valence-electron chi connectivity index (χ3n) is 1.41. The number of aliphatic carboxylic acids is 1. The van der Waals surface area contributed by atoms with Crippen molar-refractivity contribution >= 4 is 5.97 Å². The van der Waals surface area contributed by atoms with E-state index in [1.54, 1.807) is 6.92 Å². The monoisotopic (exact) mass is 148 g/mol. The molecular formula is C7H16O3. The van der Waals surface area contributed by atoms with E-state index >= 15 is 0 Å². The molecule has 1 unspecified atom stereocenters. The number of carboxylic acids is 1. The number of carboxylic acid groups (broad SMARTS) is 1. The van der Waals surface area contributed by atoms with Crippen LogP contribution in [0.5, 0.6) is 0 Å². The molecule has 0 aromatic carbocycles. The van der Waals surface area contributed by atoms with Crippen molar-refractivity contribution in [3.8, 4) is 0 Å². The first-order valence-corrected chi connectivity index (χ1v) is 3.41. The van der Waals surface area contributed by atoms with Crippen LogP contribution in [0.15, 0.2) is 0 Å². The third-order valence-corrected chi connectivity index (χ3v) is 1.41. The molecule has 0 aliphatic carbocycles. The quantitative estimate of drug-likeness (QED) is 0.648. The molecule has 1 atom stereocenters. The van der Waals surface area contributed by atoms with Gasteiger partial charge in [0.25, 0.3) is 0 Å². The minimum atomic E-state index is -0.677. The molecule has 0 aromatic rings. The van der Waals surface area contributed by atoms with E-state index < -0.39 is 5.97 Å². The van der Waals surface area contributed by atoms with Gasteiger partial charge in [-0.1, -0.05) is 26.7 Å². The van der Waals surface area contributed by atoms with Crippen LogP contribution in [-0.4, -0.2) is 16.6 Å². The van der Waals surface area contributed by atoms with Crippen molar-refractivity contribution in [2.24, 2.45) is 5.92 Å². The summed E-state index contributed by atoms with van der Waals surface area (Å²) in [5, 5.41) is 8.41. The number of hydrogen-bond acceptors (Lipinski definition) is 1. The van der Waals surface area contributed by atoms with Crippen LogP contribution in [0.1, 0.15) is 33.1 Å². The van der Waals surface area contributed by atoms with Crippen molar-refractivity contribution in [3.63, 3.8) is 0 Å². The Balaban J connectivity index is 0. The van der Waals surface area contributed by atoms with E-state index in [2.05, 4.69) is 6.92 Å². The van der Waals surface area contributed by atoms with Crippen LogP contribution in [0.25, 0.3) is 0 Å². The summed E-state index contributed by atoms with van der Waals surface area (Å²) in [5.74, 6) is -0.839. The van der Waals surface area contributed by atoms with Crippen LogP contribution in [0.4, 0.5) is 0 Å². The fourth-order valence-corrected chi connectivity index (χ4v) is 0.634. The highest BCUT2D eigenvalue weighted by atomic mass is 16.4. The standard InChI is InChI=1S/C7H14O2.H2O/c1-3-4-5-6(2)7(8)9;/h6H,3-5H2,1-2H3,(H,8,9);1H2. The lowest BCUT2D eigenvalue weighted by atomic mass is 10.1. The zero-order valence-corrected chi connectivity index (χ0v) is 6.55. The van der Waals surface area contributed by atoms with E-state index in [-0.39, 0.29) is 11.4 Å². The lowest BCUT2D eigenvalue weighted by Gasteiger charge is -2.02. The molecule has 0 heterocycles. The van der Waals surface area contributed by atoms with Crippen molar-refractivity contribution in [2.45, 2.75) is 33.1 Å². The van der Waals surface area contributed by atoms with Gasteiger partial charge < -0.3 is 10.6 Å². The number of carbonyl (C=O) groups is 1. The Morgan fingerprint density at radius 3 is 2.40 bits per heavy atom. The highest BCUT2D eigenvalue weighted by molar-refractivity contribution is 5.69. The second-order valence-corrected chi connectivity index (χ2v) is 2.38. The summed E-state index contributed by atoms with van der Waals surface area (Å²) in [6.07, 6.45) is 2.91. The average Bonchev–Trinajstić information content (AvgIpc) is 1.82. The van der Waals surface area contributed by atoms with E-state index in [0.717, 1.165) is 19.3 Å². The van der Waals surface area contributed by atoms with Gasteiger partial charge in [0.2, 0.25) is 0 Å². The predicted octanol–water partition coefficient (Wildman–Crippen LogP) is 1.07. The van der Waals surface area contributed by atoms with Gasteiger partial charge in [-0.2, -0.15) is 0 Å². The molecule has 0 aliphatic heterocycles. The molecule has 0 spiro atoms. The molecule has 0 saturated carbocycles. The average molecular weight is 148 g/mol. The minimum Gasteiger partial charge on any atom is -0.481 e. The third kappa shape index (κ3) is 5.56. The van der Waals surface area contributed by atoms with Crippen LogP contribution < -0.4 is 0 Å². The molecule has 10 heavy (non-hydrogen) atoms. The Morgan fingerprint density at radius 1 is 1.60 bits per heavy atom. The Morgan fingerprint density at radius 2 is 2.10 bits per heavy atom. The van der Waals surface area contributed by atoms with E-state index in [0.29, 0.717) is 0 Å². The van der Waals surface area contributed by atoms with E-state index in [9.17, 15) is 4.79 Å². The molecule has 3 heteroatoms. The summed E-state index contributed by atoms with van der Waals surface area (Å²) < 4.78 is 0. The van der Waals surface area contributed by atoms with Gasteiger partial charge in [-0.15, -0.1) is 0 Å². The molecule has 0 saturated heterocycles. The summed E-state index contributed by atoms with van der Waals surface area (Å²) in [5.41, 5.74) is 0. The normalized spacial score (nSPS) is 11.8. The topological polar surface area (TPSA) is 68.8 Å². The number of unbranched alkanes of at least 4 members (excludes halogenated alkanes) is 1. The van der Waals surface area contributed by atoms with Gasteiger partial charge in [0.1, 0.15) is 0 Å². The first-order valence-electron chi connectivity index (χ1n) is 3.41. The molecule has 3 nitrogen and oxygen atoms in total. The fraction of sp³-hybridized carbons (Fsp3) is 0.857. The highest BCUT2D eigenvalue weighted by Gasteiger charge is 2.08. The molecule has 0 fully saturated rings.